The summed E-state index contributed by atoms with van der Waals surface area (Å²) in [5, 5.41) is 3.13. The zero-order valence-electron chi connectivity index (χ0n) is 8.40. The van der Waals surface area contributed by atoms with Crippen LogP contribution in [0.1, 0.15) is 19.8 Å². The molecule has 0 aromatic heterocycles. The minimum atomic E-state index is 0. The maximum Gasteiger partial charge on any atom is 0.240 e. The Morgan fingerprint density at radius 1 is 1.50 bits per heavy atom. The summed E-state index contributed by atoms with van der Waals surface area (Å²) < 4.78 is 0. The summed E-state index contributed by atoms with van der Waals surface area (Å²) in [5.74, 6) is 0.242. The average Bonchev–Trinajstić information content (AvgIpc) is 2.29. The third-order valence-corrected chi connectivity index (χ3v) is 3.22. The highest BCUT2D eigenvalue weighted by Crippen LogP contribution is 2.18. The van der Waals surface area contributed by atoms with Gasteiger partial charge in [0.25, 0.3) is 0 Å². The van der Waals surface area contributed by atoms with Crippen LogP contribution in [0, 0.1) is 0 Å². The van der Waals surface area contributed by atoms with Crippen molar-refractivity contribution in [3.8, 4) is 0 Å². The quantitative estimate of drug-likeness (QED) is 0.638. The number of likely N-dealkylation sites (tertiary alicyclic amines) is 1. The number of hydrogen-bond acceptors (Lipinski definition) is 3. The summed E-state index contributed by atoms with van der Waals surface area (Å²) in [6.07, 6.45) is 1.93. The Balaban J connectivity index is 0.000000980. The Morgan fingerprint density at radius 2 is 2.14 bits per heavy atom. The monoisotopic (exact) mass is 219 g/mol. The van der Waals surface area contributed by atoms with Crippen LogP contribution in [0.3, 0.4) is 0 Å². The number of hydrogen-bond donors (Lipinski definition) is 2. The summed E-state index contributed by atoms with van der Waals surface area (Å²) in [6, 6.07) is 0.465. The lowest BCUT2D eigenvalue weighted by molar-refractivity contribution is -0.135. The highest BCUT2D eigenvalue weighted by atomic mass is 35.5. The standard InChI is InChI=1S/C9H17N3O.ClH/c1-6-7(10)3-5-12(6)9(13)8-2-4-11-8;/h6-8,11H,2-5,10H2,1H3;1H/t6?,7?,8-;/m1./s1. The lowest BCUT2D eigenvalue weighted by Crippen LogP contribution is -2.56. The van der Waals surface area contributed by atoms with Crippen LogP contribution in [0.15, 0.2) is 0 Å². The first-order valence-corrected chi connectivity index (χ1v) is 4.99. The van der Waals surface area contributed by atoms with Gasteiger partial charge in [0.1, 0.15) is 0 Å². The van der Waals surface area contributed by atoms with E-state index in [4.69, 9.17) is 5.73 Å². The molecule has 2 aliphatic heterocycles. The Bertz CT molecular complexity index is 220. The Labute approximate surface area is 90.6 Å². The van der Waals surface area contributed by atoms with Gasteiger partial charge < -0.3 is 16.0 Å². The molecule has 2 fully saturated rings. The normalized spacial score (nSPS) is 36.1. The second-order valence-corrected chi connectivity index (χ2v) is 4.02. The highest BCUT2D eigenvalue weighted by molar-refractivity contribution is 5.85. The third-order valence-electron chi connectivity index (χ3n) is 3.22. The van der Waals surface area contributed by atoms with Crippen LogP contribution in [0.5, 0.6) is 0 Å². The third kappa shape index (κ3) is 1.87. The minimum Gasteiger partial charge on any atom is -0.337 e. The van der Waals surface area contributed by atoms with E-state index in [0.717, 1.165) is 25.9 Å². The minimum absolute atomic E-state index is 0. The van der Waals surface area contributed by atoms with Gasteiger partial charge in [-0.15, -0.1) is 12.4 Å². The van der Waals surface area contributed by atoms with Gasteiger partial charge >= 0.3 is 0 Å². The molecule has 2 saturated heterocycles. The van der Waals surface area contributed by atoms with Crippen LogP contribution in [0.4, 0.5) is 0 Å². The highest BCUT2D eigenvalue weighted by Gasteiger charge is 2.36. The van der Waals surface area contributed by atoms with E-state index in [2.05, 4.69) is 5.32 Å². The molecular formula is C9H18ClN3O. The van der Waals surface area contributed by atoms with E-state index < -0.39 is 0 Å². The molecule has 0 saturated carbocycles. The van der Waals surface area contributed by atoms with Crippen LogP contribution < -0.4 is 11.1 Å². The number of nitrogens with two attached hydrogens (primary N) is 1. The molecule has 2 aliphatic rings. The number of rotatable bonds is 1. The zero-order valence-corrected chi connectivity index (χ0v) is 9.22. The Kier molecular flexibility index (Phi) is 3.75. The molecule has 0 bridgehead atoms. The first-order chi connectivity index (χ1) is 6.20. The summed E-state index contributed by atoms with van der Waals surface area (Å²) in [4.78, 5) is 13.7. The van der Waals surface area contributed by atoms with E-state index in [9.17, 15) is 4.79 Å². The van der Waals surface area contributed by atoms with Gasteiger partial charge in [0, 0.05) is 18.6 Å². The number of halogens is 1. The first kappa shape index (κ1) is 11.8. The van der Waals surface area contributed by atoms with E-state index in [-0.39, 0.29) is 36.4 Å². The SMILES string of the molecule is CC1C(N)CCN1C(=O)[C@H]1CCN1.Cl. The van der Waals surface area contributed by atoms with Gasteiger partial charge in [-0.1, -0.05) is 0 Å². The van der Waals surface area contributed by atoms with Gasteiger partial charge in [0.15, 0.2) is 0 Å². The number of carbonyl (C=O) groups is 1. The number of amides is 1. The molecule has 82 valence electrons. The van der Waals surface area contributed by atoms with E-state index in [1.54, 1.807) is 0 Å². The fourth-order valence-corrected chi connectivity index (χ4v) is 1.97. The number of carbonyl (C=O) groups excluding carboxylic acids is 1. The van der Waals surface area contributed by atoms with Gasteiger partial charge in [-0.05, 0) is 26.3 Å². The maximum absolute atomic E-state index is 11.8. The Hall–Kier alpha value is -0.320. The molecule has 5 heteroatoms. The van der Waals surface area contributed by atoms with Gasteiger partial charge in [0.05, 0.1) is 6.04 Å². The molecule has 1 amide bonds. The molecule has 3 atom stereocenters. The van der Waals surface area contributed by atoms with Crippen molar-refractivity contribution < 1.29 is 4.79 Å². The largest absolute Gasteiger partial charge is 0.337 e. The van der Waals surface area contributed by atoms with Gasteiger partial charge in [0.2, 0.25) is 5.91 Å². The van der Waals surface area contributed by atoms with Gasteiger partial charge in [-0.2, -0.15) is 0 Å². The van der Waals surface area contributed by atoms with Crippen molar-refractivity contribution in [3.05, 3.63) is 0 Å². The van der Waals surface area contributed by atoms with Crippen molar-refractivity contribution >= 4 is 18.3 Å². The lowest BCUT2D eigenvalue weighted by Gasteiger charge is -2.33. The second kappa shape index (κ2) is 4.47. The van der Waals surface area contributed by atoms with Crippen molar-refractivity contribution in [1.29, 1.82) is 0 Å². The smallest absolute Gasteiger partial charge is 0.240 e. The van der Waals surface area contributed by atoms with Gasteiger partial charge in [-0.3, -0.25) is 4.79 Å². The molecule has 0 aromatic carbocycles. The topological polar surface area (TPSA) is 58.4 Å². The van der Waals surface area contributed by atoms with Crippen molar-refractivity contribution in [2.75, 3.05) is 13.1 Å². The molecule has 0 radical (unpaired) electrons. The first-order valence-electron chi connectivity index (χ1n) is 4.99. The van der Waals surface area contributed by atoms with Crippen LogP contribution in [-0.2, 0) is 4.79 Å². The molecule has 4 nitrogen and oxygen atoms in total. The van der Waals surface area contributed by atoms with Crippen molar-refractivity contribution in [2.45, 2.75) is 37.9 Å². The fourth-order valence-electron chi connectivity index (χ4n) is 1.97. The van der Waals surface area contributed by atoms with Crippen LogP contribution in [0.25, 0.3) is 0 Å². The molecule has 2 unspecified atom stereocenters. The van der Waals surface area contributed by atoms with Crippen LogP contribution in [-0.4, -0.2) is 42.0 Å². The molecular weight excluding hydrogens is 202 g/mol. The summed E-state index contributed by atoms with van der Waals surface area (Å²) in [7, 11) is 0. The van der Waals surface area contributed by atoms with Crippen LogP contribution in [0.2, 0.25) is 0 Å². The predicted octanol–water partition coefficient (Wildman–Crippen LogP) is -0.282. The molecule has 3 N–H and O–H groups in total. The van der Waals surface area contributed by atoms with Crippen molar-refractivity contribution in [3.63, 3.8) is 0 Å². The second-order valence-electron chi connectivity index (χ2n) is 4.02. The fraction of sp³-hybridized carbons (Fsp3) is 0.889. The summed E-state index contributed by atoms with van der Waals surface area (Å²) >= 11 is 0. The predicted molar refractivity (Wildman–Crippen MR) is 57.4 cm³/mol. The lowest BCUT2D eigenvalue weighted by atomic mass is 10.1. The van der Waals surface area contributed by atoms with Crippen molar-refractivity contribution in [2.24, 2.45) is 5.73 Å². The molecule has 0 spiro atoms. The number of nitrogens with zero attached hydrogens (tertiary/aromatic N) is 1. The van der Waals surface area contributed by atoms with Crippen molar-refractivity contribution in [1.82, 2.24) is 10.2 Å². The van der Waals surface area contributed by atoms with E-state index in [1.165, 1.54) is 0 Å². The van der Waals surface area contributed by atoms with E-state index in [1.807, 2.05) is 11.8 Å². The average molecular weight is 220 g/mol. The molecule has 2 rings (SSSR count). The summed E-state index contributed by atoms with van der Waals surface area (Å²) in [6.45, 7) is 3.85. The summed E-state index contributed by atoms with van der Waals surface area (Å²) in [5.41, 5.74) is 5.85. The van der Waals surface area contributed by atoms with E-state index >= 15 is 0 Å². The molecule has 0 aliphatic carbocycles. The Morgan fingerprint density at radius 3 is 2.50 bits per heavy atom. The molecule has 2 heterocycles. The molecule has 0 aromatic rings. The van der Waals surface area contributed by atoms with Gasteiger partial charge in [-0.25, -0.2) is 0 Å². The molecule has 14 heavy (non-hydrogen) atoms. The van der Waals surface area contributed by atoms with E-state index in [0.29, 0.717) is 0 Å². The maximum atomic E-state index is 11.8. The number of nitrogens with one attached hydrogen (secondary N) is 1. The zero-order chi connectivity index (χ0) is 9.42. The van der Waals surface area contributed by atoms with Crippen LogP contribution >= 0.6 is 12.4 Å².